The molecule has 1 aliphatic rings. The van der Waals surface area contributed by atoms with Crippen LogP contribution < -0.4 is 15.0 Å². The van der Waals surface area contributed by atoms with Crippen LogP contribution in [0.1, 0.15) is 60.2 Å². The summed E-state index contributed by atoms with van der Waals surface area (Å²) in [5.74, 6) is -0.148. The molecule has 1 N–H and O–H groups in total. The van der Waals surface area contributed by atoms with Gasteiger partial charge in [0.2, 0.25) is 0 Å². The maximum Gasteiger partial charge on any atom is 0.341 e. The second-order valence-corrected chi connectivity index (χ2v) is 9.85. The first-order chi connectivity index (χ1) is 19.8. The number of anilines is 3. The zero-order valence-corrected chi connectivity index (χ0v) is 24.0. The smallest absolute Gasteiger partial charge is 0.341 e. The van der Waals surface area contributed by atoms with Crippen LogP contribution in [0.25, 0.3) is 0 Å². The van der Waals surface area contributed by atoms with Crippen molar-refractivity contribution in [1.82, 2.24) is 0 Å². The van der Waals surface area contributed by atoms with E-state index in [-0.39, 0.29) is 19.0 Å². The molecule has 214 valence electrons. The SMILES string of the molecule is CCCOC(=O)CCC(C)=CCc1c(NC(=O)N(c2ccccc2)c2ccccc2)c2c(c(C)c1OC)COC2=O. The number of rotatable bonds is 11. The van der Waals surface area contributed by atoms with Gasteiger partial charge in [0.1, 0.15) is 12.4 Å². The van der Waals surface area contributed by atoms with Crippen LogP contribution in [0.15, 0.2) is 72.3 Å². The lowest BCUT2D eigenvalue weighted by Gasteiger charge is -2.26. The van der Waals surface area contributed by atoms with Crippen molar-refractivity contribution in [3.8, 4) is 5.75 Å². The first-order valence-electron chi connectivity index (χ1n) is 13.8. The van der Waals surface area contributed by atoms with Gasteiger partial charge >= 0.3 is 18.0 Å². The topological polar surface area (TPSA) is 94.2 Å². The van der Waals surface area contributed by atoms with Crippen molar-refractivity contribution >= 4 is 35.0 Å². The van der Waals surface area contributed by atoms with Crippen molar-refractivity contribution in [2.24, 2.45) is 0 Å². The summed E-state index contributed by atoms with van der Waals surface area (Å²) in [7, 11) is 1.57. The molecule has 1 heterocycles. The number of hydrogen-bond donors (Lipinski definition) is 1. The first kappa shape index (κ1) is 29.4. The van der Waals surface area contributed by atoms with Crippen molar-refractivity contribution in [1.29, 1.82) is 0 Å². The third kappa shape index (κ3) is 6.77. The summed E-state index contributed by atoms with van der Waals surface area (Å²) < 4.78 is 16.4. The summed E-state index contributed by atoms with van der Waals surface area (Å²) in [5.41, 5.74) is 5.15. The summed E-state index contributed by atoms with van der Waals surface area (Å²) >= 11 is 0. The predicted molar refractivity (Wildman–Crippen MR) is 159 cm³/mol. The lowest BCUT2D eigenvalue weighted by Crippen LogP contribution is -2.32. The first-order valence-corrected chi connectivity index (χ1v) is 13.8. The fraction of sp³-hybridized carbons (Fsp3) is 0.303. The minimum absolute atomic E-state index is 0.106. The average Bonchev–Trinajstić information content (AvgIpc) is 3.38. The van der Waals surface area contributed by atoms with Gasteiger partial charge in [0.05, 0.1) is 36.3 Å². The fourth-order valence-electron chi connectivity index (χ4n) is 4.86. The number of allylic oxidation sites excluding steroid dienone is 2. The number of nitrogens with zero attached hydrogens (tertiary/aromatic N) is 1. The van der Waals surface area contributed by atoms with Crippen LogP contribution in [-0.2, 0) is 27.3 Å². The summed E-state index contributed by atoms with van der Waals surface area (Å²) in [6, 6.07) is 18.2. The molecule has 3 aromatic carbocycles. The Labute approximate surface area is 240 Å². The van der Waals surface area contributed by atoms with Crippen molar-refractivity contribution in [3.05, 3.63) is 94.6 Å². The number of nitrogens with one attached hydrogen (secondary N) is 1. The number of esters is 2. The Bertz CT molecular complexity index is 1390. The molecule has 0 aliphatic carbocycles. The number of amides is 2. The van der Waals surface area contributed by atoms with E-state index in [1.807, 2.05) is 87.5 Å². The molecule has 1 aliphatic heterocycles. The van der Waals surface area contributed by atoms with E-state index in [0.29, 0.717) is 59.0 Å². The van der Waals surface area contributed by atoms with E-state index in [1.165, 1.54) is 0 Å². The van der Waals surface area contributed by atoms with Gasteiger partial charge in [-0.2, -0.15) is 0 Å². The minimum Gasteiger partial charge on any atom is -0.496 e. The lowest BCUT2D eigenvalue weighted by atomic mass is 9.93. The number of carbonyl (C=O) groups excluding carboxylic acids is 3. The maximum atomic E-state index is 14.0. The van der Waals surface area contributed by atoms with Gasteiger partial charge in [0, 0.05) is 17.5 Å². The number of urea groups is 1. The molecule has 0 bridgehead atoms. The molecule has 0 atom stereocenters. The van der Waals surface area contributed by atoms with E-state index in [0.717, 1.165) is 17.6 Å². The van der Waals surface area contributed by atoms with Crippen LogP contribution in [0.4, 0.5) is 21.9 Å². The van der Waals surface area contributed by atoms with Crippen LogP contribution in [0.3, 0.4) is 0 Å². The summed E-state index contributed by atoms with van der Waals surface area (Å²) in [5, 5.41) is 3.04. The molecule has 0 saturated carbocycles. The van der Waals surface area contributed by atoms with Gasteiger partial charge in [-0.15, -0.1) is 0 Å². The van der Waals surface area contributed by atoms with Gasteiger partial charge in [-0.1, -0.05) is 55.0 Å². The fourth-order valence-corrected chi connectivity index (χ4v) is 4.86. The molecule has 8 heteroatoms. The van der Waals surface area contributed by atoms with Gasteiger partial charge < -0.3 is 19.5 Å². The van der Waals surface area contributed by atoms with Crippen LogP contribution in [0.5, 0.6) is 5.75 Å². The van der Waals surface area contributed by atoms with Crippen molar-refractivity contribution in [2.45, 2.75) is 53.1 Å². The zero-order chi connectivity index (χ0) is 29.4. The molecular formula is C33H36N2O6. The van der Waals surface area contributed by atoms with E-state index in [9.17, 15) is 14.4 Å². The van der Waals surface area contributed by atoms with E-state index < -0.39 is 12.0 Å². The van der Waals surface area contributed by atoms with Gasteiger partial charge in [0.15, 0.2) is 0 Å². The van der Waals surface area contributed by atoms with Gasteiger partial charge in [0.25, 0.3) is 0 Å². The Morgan fingerprint density at radius 2 is 1.66 bits per heavy atom. The number of fused-ring (bicyclic) bond motifs is 1. The molecule has 0 saturated heterocycles. The number of carbonyl (C=O) groups is 3. The number of cyclic esters (lactones) is 1. The standard InChI is InChI=1S/C33H36N2O6/c1-5-20-40-28(36)19-17-22(2)16-18-26-30(29-27(21-41-32(29)37)23(3)31(26)39-4)34-33(38)35(24-12-8-6-9-13-24)25-14-10-7-11-15-25/h6-16H,5,17-21H2,1-4H3,(H,34,38). The molecule has 41 heavy (non-hydrogen) atoms. The molecule has 3 aromatic rings. The summed E-state index contributed by atoms with van der Waals surface area (Å²) in [6.45, 7) is 6.30. The molecule has 4 rings (SSSR count). The van der Waals surface area contributed by atoms with E-state index in [1.54, 1.807) is 12.0 Å². The number of methoxy groups -OCH3 is 1. The van der Waals surface area contributed by atoms with Crippen LogP contribution in [0.2, 0.25) is 0 Å². The Hall–Kier alpha value is -4.59. The number of hydrogen-bond acceptors (Lipinski definition) is 6. The molecule has 0 fully saturated rings. The van der Waals surface area contributed by atoms with Gasteiger partial charge in [-0.3, -0.25) is 9.69 Å². The van der Waals surface area contributed by atoms with E-state index in [2.05, 4.69) is 5.32 Å². The van der Waals surface area contributed by atoms with E-state index in [4.69, 9.17) is 14.2 Å². The molecule has 2 amide bonds. The van der Waals surface area contributed by atoms with Gasteiger partial charge in [-0.05, 0) is 62.9 Å². The van der Waals surface area contributed by atoms with Crippen LogP contribution in [-0.4, -0.2) is 31.7 Å². The third-order valence-corrected chi connectivity index (χ3v) is 6.99. The van der Waals surface area contributed by atoms with Crippen molar-refractivity contribution in [2.75, 3.05) is 23.9 Å². The predicted octanol–water partition coefficient (Wildman–Crippen LogP) is 7.27. The Balaban J connectivity index is 1.73. The quantitative estimate of drug-likeness (QED) is 0.197. The highest BCUT2D eigenvalue weighted by Crippen LogP contribution is 2.42. The van der Waals surface area contributed by atoms with Crippen LogP contribution in [0, 0.1) is 6.92 Å². The Morgan fingerprint density at radius 3 is 2.24 bits per heavy atom. The normalized spacial score (nSPS) is 12.4. The lowest BCUT2D eigenvalue weighted by molar-refractivity contribution is -0.143. The molecule has 8 nitrogen and oxygen atoms in total. The maximum absolute atomic E-state index is 14.0. The molecule has 0 spiro atoms. The molecule has 0 aromatic heterocycles. The largest absolute Gasteiger partial charge is 0.496 e. The van der Waals surface area contributed by atoms with Crippen molar-refractivity contribution < 1.29 is 28.6 Å². The number of para-hydroxylation sites is 2. The third-order valence-electron chi connectivity index (χ3n) is 6.99. The van der Waals surface area contributed by atoms with Crippen LogP contribution >= 0.6 is 0 Å². The Kier molecular flexibility index (Phi) is 9.79. The zero-order valence-electron chi connectivity index (χ0n) is 24.0. The second-order valence-electron chi connectivity index (χ2n) is 9.85. The highest BCUT2D eigenvalue weighted by molar-refractivity contribution is 6.11. The summed E-state index contributed by atoms with van der Waals surface area (Å²) in [4.78, 5) is 40.6. The average molecular weight is 557 g/mol. The Morgan fingerprint density at radius 1 is 1.02 bits per heavy atom. The molecule has 0 unspecified atom stereocenters. The minimum atomic E-state index is -0.493. The van der Waals surface area contributed by atoms with Crippen molar-refractivity contribution in [3.63, 3.8) is 0 Å². The van der Waals surface area contributed by atoms with Gasteiger partial charge in [-0.25, -0.2) is 9.59 Å². The molecular weight excluding hydrogens is 520 g/mol. The highest BCUT2D eigenvalue weighted by Gasteiger charge is 2.33. The summed E-state index contributed by atoms with van der Waals surface area (Å²) in [6.07, 6.45) is 3.95. The number of benzene rings is 3. The second kappa shape index (κ2) is 13.7. The monoisotopic (exact) mass is 556 g/mol. The highest BCUT2D eigenvalue weighted by atomic mass is 16.5. The number of ether oxygens (including phenoxy) is 3. The molecule has 0 radical (unpaired) electrons. The van der Waals surface area contributed by atoms with E-state index >= 15 is 0 Å².